The van der Waals surface area contributed by atoms with Crippen LogP contribution in [0.3, 0.4) is 0 Å². The normalized spacial score (nSPS) is 23.9. The number of nitrogens with zero attached hydrogens (tertiary/aromatic N) is 6. The van der Waals surface area contributed by atoms with Gasteiger partial charge in [-0.05, 0) is 51.4 Å². The number of carbonyl (C=O) groups excluding carboxylic acids is 3. The van der Waals surface area contributed by atoms with Gasteiger partial charge in [0.25, 0.3) is 0 Å². The minimum Gasteiger partial charge on any atom is -0.347 e. The molecule has 0 unspecified atom stereocenters. The van der Waals surface area contributed by atoms with E-state index >= 15 is 0 Å². The number of hydrogen-bond acceptors (Lipinski definition) is 6. The fraction of sp³-hybridized carbons (Fsp3) is 0.500. The summed E-state index contributed by atoms with van der Waals surface area (Å²) in [7, 11) is 7.58. The zero-order chi connectivity index (χ0) is 25.9. The van der Waals surface area contributed by atoms with Gasteiger partial charge in [-0.15, -0.1) is 0 Å². The number of likely N-dealkylation sites (N-methyl/N-ethyl adjacent to an activating group) is 1. The molecule has 1 aromatic carbocycles. The largest absolute Gasteiger partial charge is 0.347 e. The van der Waals surface area contributed by atoms with Crippen LogP contribution in [0.1, 0.15) is 31.2 Å². The number of carbonyl (C=O) groups is 3. The predicted octanol–water partition coefficient (Wildman–Crippen LogP) is 2.01. The molecule has 1 spiro atoms. The van der Waals surface area contributed by atoms with Crippen LogP contribution in [0.5, 0.6) is 0 Å². The Morgan fingerprint density at radius 1 is 1.00 bits per heavy atom. The van der Waals surface area contributed by atoms with Gasteiger partial charge in [-0.2, -0.15) is 0 Å². The van der Waals surface area contributed by atoms with E-state index in [4.69, 9.17) is 0 Å². The highest BCUT2D eigenvalue weighted by Gasteiger charge is 2.55. The number of nitrogens with one attached hydrogen (secondary N) is 1. The minimum atomic E-state index is -0.508. The quantitative estimate of drug-likeness (QED) is 0.633. The van der Waals surface area contributed by atoms with Crippen LogP contribution in [0.2, 0.25) is 0 Å². The summed E-state index contributed by atoms with van der Waals surface area (Å²) in [5, 5.41) is 2.72. The first-order valence-electron chi connectivity index (χ1n) is 12.2. The first-order valence-corrected chi connectivity index (χ1v) is 12.2. The zero-order valence-corrected chi connectivity index (χ0v) is 21.5. The van der Waals surface area contributed by atoms with E-state index in [0.717, 1.165) is 25.7 Å². The number of aromatic nitrogens is 2. The molecule has 1 saturated carbocycles. The second kappa shape index (κ2) is 10.2. The zero-order valence-electron chi connectivity index (χ0n) is 21.5. The second-order valence-electron chi connectivity index (χ2n) is 10.2. The summed E-state index contributed by atoms with van der Waals surface area (Å²) in [5.41, 5.74) is 0.600. The summed E-state index contributed by atoms with van der Waals surface area (Å²) < 4.78 is 0. The Morgan fingerprint density at radius 3 is 2.28 bits per heavy atom. The number of hydrogen-bond donors (Lipinski definition) is 1. The van der Waals surface area contributed by atoms with Gasteiger partial charge >= 0.3 is 6.03 Å². The molecule has 10 nitrogen and oxygen atoms in total. The number of amides is 4. The van der Waals surface area contributed by atoms with Gasteiger partial charge in [-0.3, -0.25) is 14.5 Å². The van der Waals surface area contributed by atoms with Crippen molar-refractivity contribution in [2.24, 2.45) is 0 Å². The van der Waals surface area contributed by atoms with Crippen LogP contribution in [0.4, 0.5) is 10.6 Å². The van der Waals surface area contributed by atoms with Crippen molar-refractivity contribution >= 4 is 23.7 Å². The number of rotatable bonds is 7. The summed E-state index contributed by atoms with van der Waals surface area (Å²) in [5.74, 6) is -0.0875. The van der Waals surface area contributed by atoms with Crippen LogP contribution in [0.15, 0.2) is 48.9 Å². The molecule has 4 rings (SSSR count). The second-order valence-corrected chi connectivity index (χ2v) is 10.2. The maximum atomic E-state index is 13.6. The molecular formula is C26H35N7O3. The summed E-state index contributed by atoms with van der Waals surface area (Å²) in [4.78, 5) is 53.9. The van der Waals surface area contributed by atoms with Crippen LogP contribution in [-0.2, 0) is 15.1 Å². The van der Waals surface area contributed by atoms with Gasteiger partial charge in [-0.1, -0.05) is 30.3 Å². The van der Waals surface area contributed by atoms with Crippen molar-refractivity contribution in [3.05, 3.63) is 54.5 Å². The van der Waals surface area contributed by atoms with Crippen LogP contribution in [0, 0.1) is 0 Å². The lowest BCUT2D eigenvalue weighted by Gasteiger charge is -2.51. The average molecular weight is 494 g/mol. The van der Waals surface area contributed by atoms with Gasteiger partial charge in [0.05, 0.1) is 5.54 Å². The molecule has 1 saturated heterocycles. The lowest BCUT2D eigenvalue weighted by atomic mass is 9.68. The topological polar surface area (TPSA) is 102 Å². The molecule has 2 aliphatic rings. The molecule has 2 heterocycles. The third-order valence-electron chi connectivity index (χ3n) is 7.71. The smallest absolute Gasteiger partial charge is 0.321 e. The molecule has 2 aromatic rings. The number of benzene rings is 1. The molecule has 4 amide bonds. The van der Waals surface area contributed by atoms with Gasteiger partial charge in [0.15, 0.2) is 0 Å². The van der Waals surface area contributed by atoms with Crippen molar-refractivity contribution in [1.29, 1.82) is 0 Å². The summed E-state index contributed by atoms with van der Waals surface area (Å²) in [6.07, 6.45) is 6.04. The van der Waals surface area contributed by atoms with Crippen molar-refractivity contribution in [1.82, 2.24) is 29.6 Å². The van der Waals surface area contributed by atoms with E-state index in [1.165, 1.54) is 16.8 Å². The molecule has 2 fully saturated rings. The van der Waals surface area contributed by atoms with E-state index < -0.39 is 5.54 Å². The van der Waals surface area contributed by atoms with E-state index in [0.29, 0.717) is 12.4 Å². The number of urea groups is 1. The van der Waals surface area contributed by atoms with Gasteiger partial charge in [0.2, 0.25) is 11.8 Å². The van der Waals surface area contributed by atoms with Gasteiger partial charge in [0.1, 0.15) is 25.2 Å². The van der Waals surface area contributed by atoms with E-state index in [-0.39, 0.29) is 36.5 Å². The summed E-state index contributed by atoms with van der Waals surface area (Å²) >= 11 is 0. The Labute approximate surface area is 212 Å². The van der Waals surface area contributed by atoms with Crippen molar-refractivity contribution < 1.29 is 14.4 Å². The average Bonchev–Trinajstić information content (AvgIpc) is 3.10. The fourth-order valence-electron chi connectivity index (χ4n) is 5.54. The Kier molecular flexibility index (Phi) is 7.26. The molecule has 192 valence electrons. The molecular weight excluding hydrogens is 458 g/mol. The van der Waals surface area contributed by atoms with Crippen LogP contribution >= 0.6 is 0 Å². The third kappa shape index (κ3) is 4.90. The highest BCUT2D eigenvalue weighted by Crippen LogP contribution is 2.48. The van der Waals surface area contributed by atoms with Crippen molar-refractivity contribution in [3.63, 3.8) is 0 Å². The van der Waals surface area contributed by atoms with Crippen LogP contribution in [-0.4, -0.2) is 101 Å². The van der Waals surface area contributed by atoms with Crippen molar-refractivity contribution in [2.75, 3.05) is 53.1 Å². The molecule has 1 N–H and O–H groups in total. The maximum Gasteiger partial charge on any atom is 0.321 e. The third-order valence-corrected chi connectivity index (χ3v) is 7.71. The van der Waals surface area contributed by atoms with Crippen LogP contribution in [0.25, 0.3) is 0 Å². The van der Waals surface area contributed by atoms with E-state index in [1.807, 2.05) is 6.07 Å². The van der Waals surface area contributed by atoms with Gasteiger partial charge in [0, 0.05) is 32.4 Å². The SMILES string of the molecule is CN(C)C(=O)CN1C(=O)N(CC(=O)Nc2ccncn2)C[C@]12CC[C@@](c1ccccc1)(N(C)C)CC2. The minimum absolute atomic E-state index is 0.00381. The Bertz CT molecular complexity index is 1080. The Morgan fingerprint density at radius 2 is 1.69 bits per heavy atom. The lowest BCUT2D eigenvalue weighted by Crippen LogP contribution is -2.57. The molecule has 0 radical (unpaired) electrons. The Balaban J connectivity index is 1.56. The van der Waals surface area contributed by atoms with Gasteiger partial charge < -0.3 is 20.0 Å². The van der Waals surface area contributed by atoms with Crippen LogP contribution < -0.4 is 5.32 Å². The summed E-state index contributed by atoms with van der Waals surface area (Å²) in [6.45, 7) is 0.299. The Hall–Kier alpha value is -3.53. The van der Waals surface area contributed by atoms with E-state index in [1.54, 1.807) is 36.2 Å². The highest BCUT2D eigenvalue weighted by atomic mass is 16.2. The van der Waals surface area contributed by atoms with E-state index in [2.05, 4.69) is 58.5 Å². The monoisotopic (exact) mass is 493 g/mol. The first-order chi connectivity index (χ1) is 17.2. The standard InChI is InChI=1S/C26H35N7O3/c1-30(2)23(35)17-33-24(36)32(16-22(34)29-21-10-15-27-19-28-21)18-25(33)11-13-26(14-12-25,31(3)4)20-8-6-5-7-9-20/h5-10,15,19H,11-14,16-18H2,1-4H3,(H,27,28,29,34)/t25-,26-. The maximum absolute atomic E-state index is 13.6. The first kappa shape index (κ1) is 25.6. The lowest BCUT2D eigenvalue weighted by molar-refractivity contribution is -0.130. The molecule has 1 aromatic heterocycles. The van der Waals surface area contributed by atoms with E-state index in [9.17, 15) is 14.4 Å². The van der Waals surface area contributed by atoms with Crippen molar-refractivity contribution in [2.45, 2.75) is 36.8 Å². The molecule has 0 atom stereocenters. The molecule has 1 aliphatic heterocycles. The fourth-order valence-corrected chi connectivity index (χ4v) is 5.54. The van der Waals surface area contributed by atoms with Gasteiger partial charge in [-0.25, -0.2) is 14.8 Å². The molecule has 36 heavy (non-hydrogen) atoms. The number of anilines is 1. The molecule has 1 aliphatic carbocycles. The van der Waals surface area contributed by atoms with Crippen molar-refractivity contribution in [3.8, 4) is 0 Å². The predicted molar refractivity (Wildman–Crippen MR) is 136 cm³/mol. The summed E-state index contributed by atoms with van der Waals surface area (Å²) in [6, 6.07) is 11.8. The molecule has 0 bridgehead atoms. The molecule has 10 heteroatoms. The highest BCUT2D eigenvalue weighted by molar-refractivity contribution is 5.95.